The molecule has 0 fully saturated rings. The molecule has 8 nitrogen and oxygen atoms in total. The van der Waals surface area contributed by atoms with Crippen molar-refractivity contribution < 1.29 is 27.4 Å². The zero-order chi connectivity index (χ0) is 21.5. The lowest BCUT2D eigenvalue weighted by Crippen LogP contribution is -2.41. The maximum Gasteiger partial charge on any atom is 0.453 e. The molecule has 1 atom stereocenters. The Hall–Kier alpha value is -3.37. The Morgan fingerprint density at radius 1 is 1.23 bits per heavy atom. The number of alkyl halides is 3. The molecular formula is C19H18F3N5O3. The molecule has 2 aromatic heterocycles. The zero-order valence-electron chi connectivity index (χ0n) is 16.2. The van der Waals surface area contributed by atoms with Crippen molar-refractivity contribution in [3.8, 4) is 11.5 Å². The smallest absolute Gasteiger partial charge is 0.453 e. The van der Waals surface area contributed by atoms with Crippen molar-refractivity contribution in [2.45, 2.75) is 32.5 Å². The molecule has 158 valence electrons. The van der Waals surface area contributed by atoms with Gasteiger partial charge in [0.25, 0.3) is 11.6 Å². The van der Waals surface area contributed by atoms with E-state index in [1.807, 2.05) is 12.1 Å². The first-order valence-electron chi connectivity index (χ1n) is 9.17. The number of hydrogen-bond acceptors (Lipinski definition) is 6. The molecule has 0 bridgehead atoms. The fourth-order valence-electron chi connectivity index (χ4n) is 3.20. The second-order valence-electron chi connectivity index (χ2n) is 6.88. The summed E-state index contributed by atoms with van der Waals surface area (Å²) < 4.78 is 51.1. The number of hydrogen-bond donors (Lipinski definition) is 1. The highest BCUT2D eigenvalue weighted by Gasteiger charge is 2.37. The maximum absolute atomic E-state index is 12.9. The summed E-state index contributed by atoms with van der Waals surface area (Å²) in [6.07, 6.45) is -5.09. The van der Waals surface area contributed by atoms with Crippen LogP contribution in [0.25, 0.3) is 5.78 Å². The second kappa shape index (κ2) is 7.47. The van der Waals surface area contributed by atoms with E-state index in [0.717, 1.165) is 4.52 Å². The second-order valence-corrected chi connectivity index (χ2v) is 6.88. The Bertz CT molecular complexity index is 1110. The minimum Gasteiger partial charge on any atom is -0.486 e. The first kappa shape index (κ1) is 19.9. The van der Waals surface area contributed by atoms with E-state index < -0.39 is 12.0 Å². The molecule has 30 heavy (non-hydrogen) atoms. The number of amides is 1. The average molecular weight is 421 g/mol. The molecule has 1 aliphatic rings. The predicted molar refractivity (Wildman–Crippen MR) is 98.3 cm³/mol. The third-order valence-corrected chi connectivity index (χ3v) is 4.73. The summed E-state index contributed by atoms with van der Waals surface area (Å²) in [6, 6.07) is 7.25. The lowest BCUT2D eigenvalue weighted by molar-refractivity contribution is -0.144. The van der Waals surface area contributed by atoms with Gasteiger partial charge in [-0.1, -0.05) is 12.1 Å². The van der Waals surface area contributed by atoms with E-state index >= 15 is 0 Å². The lowest BCUT2D eigenvalue weighted by Gasteiger charge is -2.26. The van der Waals surface area contributed by atoms with Crippen LogP contribution in [0.3, 0.4) is 0 Å². The van der Waals surface area contributed by atoms with Gasteiger partial charge in [0.05, 0.1) is 13.0 Å². The minimum atomic E-state index is -4.67. The Morgan fingerprint density at radius 3 is 2.70 bits per heavy atom. The number of halogens is 3. The fraction of sp³-hybridized carbons (Fsp3) is 0.368. The summed E-state index contributed by atoms with van der Waals surface area (Å²) in [5.74, 6) is -0.490. The van der Waals surface area contributed by atoms with Crippen LogP contribution in [0.5, 0.6) is 11.5 Å². The van der Waals surface area contributed by atoms with E-state index in [1.165, 1.54) is 0 Å². The Balaban J connectivity index is 1.44. The van der Waals surface area contributed by atoms with Gasteiger partial charge in [0.2, 0.25) is 5.91 Å². The average Bonchev–Trinajstić information content (AvgIpc) is 3.14. The van der Waals surface area contributed by atoms with Crippen molar-refractivity contribution in [3.05, 3.63) is 47.0 Å². The van der Waals surface area contributed by atoms with Crippen molar-refractivity contribution in [2.75, 3.05) is 13.2 Å². The van der Waals surface area contributed by atoms with Crippen LogP contribution >= 0.6 is 0 Å². The van der Waals surface area contributed by atoms with Crippen LogP contribution in [0.15, 0.2) is 24.3 Å². The number of aromatic nitrogens is 4. The third kappa shape index (κ3) is 3.87. The SMILES string of the molecule is Cc1nc2nc(C(F)(F)F)nn2c(C)c1CC(=O)NC[C@H]1COc2ccccc2O1. The molecule has 4 rings (SSSR count). The number of nitrogens with zero attached hydrogens (tertiary/aromatic N) is 4. The molecule has 1 amide bonds. The van der Waals surface area contributed by atoms with E-state index in [0.29, 0.717) is 35.1 Å². The molecule has 1 aliphatic heterocycles. The number of aryl methyl sites for hydroxylation is 2. The topological polar surface area (TPSA) is 90.6 Å². The van der Waals surface area contributed by atoms with Gasteiger partial charge in [-0.25, -0.2) is 9.50 Å². The van der Waals surface area contributed by atoms with Gasteiger partial charge in [0.15, 0.2) is 11.5 Å². The molecule has 0 aliphatic carbocycles. The van der Waals surface area contributed by atoms with Crippen molar-refractivity contribution >= 4 is 11.7 Å². The Kier molecular flexibility index (Phi) is 4.96. The highest BCUT2D eigenvalue weighted by atomic mass is 19.4. The molecule has 3 aromatic rings. The van der Waals surface area contributed by atoms with E-state index in [2.05, 4.69) is 20.4 Å². The molecule has 11 heteroatoms. The van der Waals surface area contributed by atoms with Crippen LogP contribution in [-0.4, -0.2) is 44.7 Å². The molecule has 0 saturated carbocycles. The van der Waals surface area contributed by atoms with Crippen LogP contribution in [0.4, 0.5) is 13.2 Å². The Labute approximate surface area is 169 Å². The normalized spacial score (nSPS) is 16.0. The van der Waals surface area contributed by atoms with Gasteiger partial charge in [0, 0.05) is 17.0 Å². The number of carbonyl (C=O) groups is 1. The van der Waals surface area contributed by atoms with E-state index in [-0.39, 0.29) is 30.8 Å². The standard InChI is InChI=1S/C19H18F3N5O3/c1-10-13(11(2)27-18(24-10)25-17(26-27)19(20,21)22)7-16(28)23-8-12-9-29-14-5-3-4-6-15(14)30-12/h3-6,12H,7-9H2,1-2H3,(H,23,28)/t12-/m0/s1. The van der Waals surface area contributed by atoms with Gasteiger partial charge in [0.1, 0.15) is 12.7 Å². The van der Waals surface area contributed by atoms with Crippen molar-refractivity contribution in [3.63, 3.8) is 0 Å². The quantitative estimate of drug-likeness (QED) is 0.695. The van der Waals surface area contributed by atoms with Gasteiger partial charge in [-0.15, -0.1) is 5.10 Å². The number of fused-ring (bicyclic) bond motifs is 2. The predicted octanol–water partition coefficient (Wildman–Crippen LogP) is 2.26. The lowest BCUT2D eigenvalue weighted by atomic mass is 10.1. The van der Waals surface area contributed by atoms with Crippen LogP contribution in [0.1, 0.15) is 22.8 Å². The van der Waals surface area contributed by atoms with Crippen LogP contribution in [0.2, 0.25) is 0 Å². The van der Waals surface area contributed by atoms with Gasteiger partial charge in [-0.05, 0) is 26.0 Å². The molecule has 0 radical (unpaired) electrons. The monoisotopic (exact) mass is 421 g/mol. The zero-order valence-corrected chi connectivity index (χ0v) is 16.2. The number of para-hydroxylation sites is 2. The van der Waals surface area contributed by atoms with Gasteiger partial charge < -0.3 is 14.8 Å². The number of nitrogens with one attached hydrogen (secondary N) is 1. The maximum atomic E-state index is 12.9. The molecule has 0 unspecified atom stereocenters. The summed E-state index contributed by atoms with van der Waals surface area (Å²) in [6.45, 7) is 3.71. The summed E-state index contributed by atoms with van der Waals surface area (Å²) in [5, 5.41) is 6.25. The van der Waals surface area contributed by atoms with Gasteiger partial charge >= 0.3 is 6.18 Å². The molecule has 0 spiro atoms. The summed E-state index contributed by atoms with van der Waals surface area (Å²) in [4.78, 5) is 19.9. The van der Waals surface area contributed by atoms with Crippen LogP contribution < -0.4 is 14.8 Å². The number of benzene rings is 1. The molecule has 1 aromatic carbocycles. The highest BCUT2D eigenvalue weighted by molar-refractivity contribution is 5.79. The van der Waals surface area contributed by atoms with Crippen molar-refractivity contribution in [1.82, 2.24) is 24.9 Å². The highest BCUT2D eigenvalue weighted by Crippen LogP contribution is 2.30. The van der Waals surface area contributed by atoms with Gasteiger partial charge in [-0.2, -0.15) is 18.2 Å². The largest absolute Gasteiger partial charge is 0.486 e. The van der Waals surface area contributed by atoms with Crippen molar-refractivity contribution in [2.24, 2.45) is 0 Å². The molecule has 3 heterocycles. The third-order valence-electron chi connectivity index (χ3n) is 4.73. The van der Waals surface area contributed by atoms with Crippen molar-refractivity contribution in [1.29, 1.82) is 0 Å². The van der Waals surface area contributed by atoms with Gasteiger partial charge in [-0.3, -0.25) is 4.79 Å². The number of rotatable bonds is 4. The first-order chi connectivity index (χ1) is 14.2. The van der Waals surface area contributed by atoms with E-state index in [1.54, 1.807) is 26.0 Å². The molecule has 0 saturated heterocycles. The first-order valence-corrected chi connectivity index (χ1v) is 9.17. The van der Waals surface area contributed by atoms with Crippen LogP contribution in [-0.2, 0) is 17.4 Å². The summed E-state index contributed by atoms with van der Waals surface area (Å²) in [5.41, 5.74) is 1.29. The number of ether oxygens (including phenoxy) is 2. The fourth-order valence-corrected chi connectivity index (χ4v) is 3.20. The summed E-state index contributed by atoms with van der Waals surface area (Å²) in [7, 11) is 0. The molecular weight excluding hydrogens is 403 g/mol. The van der Waals surface area contributed by atoms with E-state index in [4.69, 9.17) is 9.47 Å². The number of carbonyl (C=O) groups excluding carboxylic acids is 1. The Morgan fingerprint density at radius 2 is 1.97 bits per heavy atom. The van der Waals surface area contributed by atoms with E-state index in [9.17, 15) is 18.0 Å². The minimum absolute atomic E-state index is 0.0635. The van der Waals surface area contributed by atoms with Crippen LogP contribution in [0, 0.1) is 13.8 Å². The summed E-state index contributed by atoms with van der Waals surface area (Å²) >= 11 is 0. The molecule has 1 N–H and O–H groups in total.